The van der Waals surface area contributed by atoms with Gasteiger partial charge in [0.15, 0.2) is 5.78 Å². The van der Waals surface area contributed by atoms with Crippen LogP contribution in [0.5, 0.6) is 0 Å². The molecule has 0 saturated heterocycles. The lowest BCUT2D eigenvalue weighted by atomic mass is 10.2. The monoisotopic (exact) mass is 250 g/mol. The number of carbonyl (C=O) groups is 1. The molecule has 1 aromatic rings. The molecule has 0 atom stereocenters. The van der Waals surface area contributed by atoms with Crippen LogP contribution in [0, 0.1) is 0 Å². The molecule has 17 heavy (non-hydrogen) atoms. The smallest absolute Gasteiger partial charge is 0.395 e. The number of nitrogens with zero attached hydrogens (tertiary/aromatic N) is 1. The number of nitrogens with one attached hydrogen (secondary N) is 1. The molecule has 2 N–H and O–H groups in total. The van der Waals surface area contributed by atoms with Gasteiger partial charge in [-0.3, -0.25) is 9.69 Å². The molecule has 0 aliphatic carbocycles. The van der Waals surface area contributed by atoms with Gasteiger partial charge in [0, 0.05) is 12.7 Å². The Labute approximate surface area is 96.0 Å². The van der Waals surface area contributed by atoms with Gasteiger partial charge in [0.2, 0.25) is 0 Å². The van der Waals surface area contributed by atoms with Crippen LogP contribution >= 0.6 is 0 Å². The van der Waals surface area contributed by atoms with E-state index in [0.717, 1.165) is 4.90 Å². The minimum atomic E-state index is -4.38. The van der Waals surface area contributed by atoms with Gasteiger partial charge in [0.05, 0.1) is 25.4 Å². The summed E-state index contributed by atoms with van der Waals surface area (Å²) in [6.45, 7) is -2.19. The highest BCUT2D eigenvalue weighted by Crippen LogP contribution is 2.16. The van der Waals surface area contributed by atoms with Gasteiger partial charge in [-0.25, -0.2) is 0 Å². The predicted octanol–water partition coefficient (Wildman–Crippen LogP) is 1.05. The van der Waals surface area contributed by atoms with Gasteiger partial charge in [-0.05, 0) is 12.1 Å². The molecule has 0 radical (unpaired) electrons. The van der Waals surface area contributed by atoms with Crippen LogP contribution in [0.25, 0.3) is 0 Å². The van der Waals surface area contributed by atoms with Gasteiger partial charge in [0.1, 0.15) is 0 Å². The molecule has 0 fully saturated rings. The lowest BCUT2D eigenvalue weighted by Gasteiger charge is -2.21. The third kappa shape index (κ3) is 5.01. The molecule has 1 rings (SSSR count). The van der Waals surface area contributed by atoms with Crippen molar-refractivity contribution in [2.45, 2.75) is 6.18 Å². The zero-order valence-corrected chi connectivity index (χ0v) is 9.00. The van der Waals surface area contributed by atoms with Crippen molar-refractivity contribution in [2.24, 2.45) is 0 Å². The van der Waals surface area contributed by atoms with E-state index in [9.17, 15) is 18.0 Å². The second-order valence-corrected chi connectivity index (χ2v) is 3.56. The number of Topliss-reactive ketones (excluding diaryl/α,β-unsaturated/α-hetero) is 1. The first-order chi connectivity index (χ1) is 7.92. The van der Waals surface area contributed by atoms with Crippen molar-refractivity contribution in [3.05, 3.63) is 24.0 Å². The van der Waals surface area contributed by atoms with Crippen LogP contribution < -0.4 is 0 Å². The van der Waals surface area contributed by atoms with Crippen LogP contribution in [0.1, 0.15) is 10.5 Å². The quantitative estimate of drug-likeness (QED) is 0.742. The Kier molecular flexibility index (Phi) is 4.71. The molecule has 4 nitrogen and oxygen atoms in total. The Morgan fingerprint density at radius 2 is 2.18 bits per heavy atom. The fraction of sp³-hybridized carbons (Fsp3) is 0.500. The average molecular weight is 250 g/mol. The number of hydrogen-bond donors (Lipinski definition) is 2. The van der Waals surface area contributed by atoms with E-state index in [1.807, 2.05) is 0 Å². The maximum atomic E-state index is 12.2. The zero-order chi connectivity index (χ0) is 12.9. The second-order valence-electron chi connectivity index (χ2n) is 3.56. The van der Waals surface area contributed by atoms with Gasteiger partial charge < -0.3 is 10.1 Å². The van der Waals surface area contributed by atoms with Gasteiger partial charge in [-0.1, -0.05) is 0 Å². The van der Waals surface area contributed by atoms with E-state index < -0.39 is 25.1 Å². The Morgan fingerprint density at radius 1 is 1.47 bits per heavy atom. The zero-order valence-electron chi connectivity index (χ0n) is 9.00. The number of aliphatic hydroxyl groups is 1. The second kappa shape index (κ2) is 5.83. The number of hydrogen-bond acceptors (Lipinski definition) is 3. The molecule has 0 saturated carbocycles. The van der Waals surface area contributed by atoms with Crippen molar-refractivity contribution >= 4 is 5.78 Å². The standard InChI is InChI=1S/C10H13F3N2O2/c11-10(12,13)7-15(4-5-16)6-9(17)8-2-1-3-14-8/h1-3,14,16H,4-7H2. The fourth-order valence-corrected chi connectivity index (χ4v) is 1.40. The van der Waals surface area contributed by atoms with Crippen LogP contribution in [0.2, 0.25) is 0 Å². The summed E-state index contributed by atoms with van der Waals surface area (Å²) in [7, 11) is 0. The highest BCUT2D eigenvalue weighted by Gasteiger charge is 2.31. The van der Waals surface area contributed by atoms with Crippen molar-refractivity contribution in [3.8, 4) is 0 Å². The predicted molar refractivity (Wildman–Crippen MR) is 54.7 cm³/mol. The van der Waals surface area contributed by atoms with E-state index in [1.54, 1.807) is 6.07 Å². The Balaban J connectivity index is 2.57. The van der Waals surface area contributed by atoms with Crippen LogP contribution in [0.15, 0.2) is 18.3 Å². The van der Waals surface area contributed by atoms with E-state index in [0.29, 0.717) is 0 Å². The summed E-state index contributed by atoms with van der Waals surface area (Å²) < 4.78 is 36.5. The molecule has 0 aromatic carbocycles. The number of ketones is 1. The van der Waals surface area contributed by atoms with E-state index in [4.69, 9.17) is 5.11 Å². The highest BCUT2D eigenvalue weighted by atomic mass is 19.4. The van der Waals surface area contributed by atoms with E-state index in [2.05, 4.69) is 4.98 Å². The van der Waals surface area contributed by atoms with E-state index in [1.165, 1.54) is 12.3 Å². The van der Waals surface area contributed by atoms with Crippen LogP contribution in [-0.4, -0.2) is 53.2 Å². The number of halogens is 3. The molecule has 96 valence electrons. The highest BCUT2D eigenvalue weighted by molar-refractivity contribution is 5.95. The first kappa shape index (κ1) is 13.7. The summed E-state index contributed by atoms with van der Waals surface area (Å²) in [5, 5.41) is 8.65. The summed E-state index contributed by atoms with van der Waals surface area (Å²) in [4.78, 5) is 15.0. The Hall–Kier alpha value is -1.34. The summed E-state index contributed by atoms with van der Waals surface area (Å²) in [5.74, 6) is -0.437. The number of H-pyrrole nitrogens is 1. The number of aromatic nitrogens is 1. The van der Waals surface area contributed by atoms with E-state index in [-0.39, 0.29) is 18.8 Å². The van der Waals surface area contributed by atoms with Crippen LogP contribution in [-0.2, 0) is 0 Å². The van der Waals surface area contributed by atoms with Crippen molar-refractivity contribution in [1.82, 2.24) is 9.88 Å². The number of carbonyl (C=O) groups excluding carboxylic acids is 1. The van der Waals surface area contributed by atoms with Gasteiger partial charge in [-0.2, -0.15) is 13.2 Å². The summed E-state index contributed by atoms with van der Waals surface area (Å²) in [6, 6.07) is 3.08. The van der Waals surface area contributed by atoms with Gasteiger partial charge in [0.25, 0.3) is 0 Å². The maximum absolute atomic E-state index is 12.2. The maximum Gasteiger partial charge on any atom is 0.401 e. The largest absolute Gasteiger partial charge is 0.401 e. The Morgan fingerprint density at radius 3 is 2.65 bits per heavy atom. The fourth-order valence-electron chi connectivity index (χ4n) is 1.40. The molecule has 0 unspecified atom stereocenters. The minimum Gasteiger partial charge on any atom is -0.395 e. The van der Waals surface area contributed by atoms with Crippen LogP contribution in [0.3, 0.4) is 0 Å². The van der Waals surface area contributed by atoms with Crippen molar-refractivity contribution < 1.29 is 23.1 Å². The van der Waals surface area contributed by atoms with Gasteiger partial charge >= 0.3 is 6.18 Å². The van der Waals surface area contributed by atoms with Crippen LogP contribution in [0.4, 0.5) is 13.2 Å². The minimum absolute atomic E-state index is 0.189. The molecule has 1 aromatic heterocycles. The first-order valence-electron chi connectivity index (χ1n) is 4.99. The number of aromatic amines is 1. The molecule has 1 heterocycles. The van der Waals surface area contributed by atoms with E-state index >= 15 is 0 Å². The lowest BCUT2D eigenvalue weighted by Crippen LogP contribution is -2.39. The molecule has 0 bridgehead atoms. The molecular formula is C10H13F3N2O2. The molecule has 0 amide bonds. The molecule has 0 aliphatic heterocycles. The molecule has 0 aliphatic rings. The molecule has 0 spiro atoms. The third-order valence-electron chi connectivity index (χ3n) is 2.08. The number of alkyl halides is 3. The van der Waals surface area contributed by atoms with Crippen molar-refractivity contribution in [1.29, 1.82) is 0 Å². The van der Waals surface area contributed by atoms with Gasteiger partial charge in [-0.15, -0.1) is 0 Å². The number of aliphatic hydroxyl groups excluding tert-OH is 1. The first-order valence-corrected chi connectivity index (χ1v) is 4.99. The summed E-state index contributed by atoms with van der Waals surface area (Å²) in [6.07, 6.45) is -2.86. The topological polar surface area (TPSA) is 56.3 Å². The molecular weight excluding hydrogens is 237 g/mol. The summed E-state index contributed by atoms with van der Waals surface area (Å²) >= 11 is 0. The summed E-state index contributed by atoms with van der Waals surface area (Å²) in [5.41, 5.74) is 0.259. The normalized spacial score (nSPS) is 12.1. The number of rotatable bonds is 6. The third-order valence-corrected chi connectivity index (χ3v) is 2.08. The Bertz CT molecular complexity index is 349. The SMILES string of the molecule is O=C(CN(CCO)CC(F)(F)F)c1ccc[nH]1. The van der Waals surface area contributed by atoms with Crippen molar-refractivity contribution in [3.63, 3.8) is 0 Å². The average Bonchev–Trinajstić information content (AvgIpc) is 2.67. The lowest BCUT2D eigenvalue weighted by molar-refractivity contribution is -0.145. The van der Waals surface area contributed by atoms with Crippen molar-refractivity contribution in [2.75, 3.05) is 26.2 Å². The molecule has 7 heteroatoms.